The molecule has 1 aromatic heterocycles. The molecule has 15 heavy (non-hydrogen) atoms. The number of benzene rings is 1. The molecule has 2 rings (SSSR count). The Labute approximate surface area is 91.0 Å². The van der Waals surface area contributed by atoms with E-state index < -0.39 is 11.9 Å². The molecule has 0 amide bonds. The van der Waals surface area contributed by atoms with E-state index in [1.165, 1.54) is 17.4 Å². The van der Waals surface area contributed by atoms with E-state index >= 15 is 0 Å². The number of aliphatic hydroxyl groups is 1. The third kappa shape index (κ3) is 1.91. The van der Waals surface area contributed by atoms with Gasteiger partial charge < -0.3 is 5.11 Å². The van der Waals surface area contributed by atoms with Crippen LogP contribution in [0.1, 0.15) is 22.2 Å². The number of aromatic nitrogens is 1. The Morgan fingerprint density at radius 3 is 2.73 bits per heavy atom. The summed E-state index contributed by atoms with van der Waals surface area (Å²) in [6, 6.07) is 6.23. The average Bonchev–Trinajstić information content (AvgIpc) is 2.64. The van der Waals surface area contributed by atoms with Crippen LogP contribution < -0.4 is 0 Å². The van der Waals surface area contributed by atoms with Crippen LogP contribution in [0.2, 0.25) is 0 Å². The molecule has 1 unspecified atom stereocenters. The molecule has 0 aliphatic rings. The highest BCUT2D eigenvalue weighted by Crippen LogP contribution is 2.28. The number of hydrogen-bond acceptors (Lipinski definition) is 3. The predicted octanol–water partition coefficient (Wildman–Crippen LogP) is 2.67. The van der Waals surface area contributed by atoms with Crippen molar-refractivity contribution in [2.24, 2.45) is 0 Å². The molecule has 1 heterocycles. The molecular formula is C11H10FNOS. The lowest BCUT2D eigenvalue weighted by Crippen LogP contribution is -2.01. The number of thiazole rings is 1. The summed E-state index contributed by atoms with van der Waals surface area (Å²) in [5.74, 6) is -0.391. The van der Waals surface area contributed by atoms with Crippen molar-refractivity contribution in [1.82, 2.24) is 4.98 Å². The van der Waals surface area contributed by atoms with Crippen molar-refractivity contribution in [1.29, 1.82) is 0 Å². The van der Waals surface area contributed by atoms with Gasteiger partial charge in [0.2, 0.25) is 0 Å². The van der Waals surface area contributed by atoms with Gasteiger partial charge in [-0.25, -0.2) is 9.37 Å². The van der Waals surface area contributed by atoms with Gasteiger partial charge in [0, 0.05) is 5.56 Å². The minimum absolute atomic E-state index is 0.296. The first-order valence-electron chi connectivity index (χ1n) is 4.52. The summed E-state index contributed by atoms with van der Waals surface area (Å²) < 4.78 is 13.4. The van der Waals surface area contributed by atoms with Gasteiger partial charge in [0.05, 0.1) is 16.1 Å². The van der Waals surface area contributed by atoms with Crippen molar-refractivity contribution >= 4 is 11.3 Å². The summed E-state index contributed by atoms with van der Waals surface area (Å²) >= 11 is 1.33. The SMILES string of the molecule is Cc1ncsc1C(O)c1ccccc1F. The van der Waals surface area contributed by atoms with Crippen LogP contribution in [0.4, 0.5) is 4.39 Å². The molecule has 0 saturated carbocycles. The Balaban J connectivity index is 2.41. The van der Waals surface area contributed by atoms with E-state index in [9.17, 15) is 9.50 Å². The van der Waals surface area contributed by atoms with Gasteiger partial charge in [0.1, 0.15) is 11.9 Å². The highest BCUT2D eigenvalue weighted by Gasteiger charge is 2.17. The lowest BCUT2D eigenvalue weighted by atomic mass is 10.1. The Hall–Kier alpha value is -1.26. The Morgan fingerprint density at radius 1 is 1.40 bits per heavy atom. The lowest BCUT2D eigenvalue weighted by Gasteiger charge is -2.10. The Kier molecular flexibility index (Phi) is 2.79. The van der Waals surface area contributed by atoms with E-state index in [4.69, 9.17) is 0 Å². The van der Waals surface area contributed by atoms with E-state index in [0.717, 1.165) is 5.69 Å². The zero-order chi connectivity index (χ0) is 10.8. The van der Waals surface area contributed by atoms with E-state index in [2.05, 4.69) is 4.98 Å². The predicted molar refractivity (Wildman–Crippen MR) is 57.3 cm³/mol. The highest BCUT2D eigenvalue weighted by atomic mass is 32.1. The zero-order valence-electron chi connectivity index (χ0n) is 8.14. The summed E-state index contributed by atoms with van der Waals surface area (Å²) in [4.78, 5) is 4.72. The van der Waals surface area contributed by atoms with Crippen molar-refractivity contribution < 1.29 is 9.50 Å². The van der Waals surface area contributed by atoms with Crippen molar-refractivity contribution in [3.8, 4) is 0 Å². The van der Waals surface area contributed by atoms with Crippen LogP contribution in [-0.4, -0.2) is 10.1 Å². The summed E-state index contributed by atoms with van der Waals surface area (Å²) in [6.45, 7) is 1.80. The summed E-state index contributed by atoms with van der Waals surface area (Å²) in [5.41, 5.74) is 2.69. The molecule has 4 heteroatoms. The molecule has 0 fully saturated rings. The minimum atomic E-state index is -0.918. The number of aliphatic hydroxyl groups excluding tert-OH is 1. The standard InChI is InChI=1S/C11H10FNOS/c1-7-11(15-6-13-7)10(14)8-4-2-3-5-9(8)12/h2-6,10,14H,1H3. The maximum absolute atomic E-state index is 13.4. The molecule has 0 spiro atoms. The molecule has 1 atom stereocenters. The molecule has 2 aromatic rings. The second-order valence-electron chi connectivity index (χ2n) is 3.23. The first kappa shape index (κ1) is 10.3. The van der Waals surface area contributed by atoms with E-state index in [-0.39, 0.29) is 0 Å². The Morgan fingerprint density at radius 2 is 2.13 bits per heavy atom. The monoisotopic (exact) mass is 223 g/mol. The zero-order valence-corrected chi connectivity index (χ0v) is 8.96. The molecule has 1 N–H and O–H groups in total. The van der Waals surface area contributed by atoms with Crippen molar-refractivity contribution in [3.63, 3.8) is 0 Å². The van der Waals surface area contributed by atoms with Gasteiger partial charge >= 0.3 is 0 Å². The van der Waals surface area contributed by atoms with Gasteiger partial charge in [-0.15, -0.1) is 11.3 Å². The van der Waals surface area contributed by atoms with Gasteiger partial charge in [0.25, 0.3) is 0 Å². The van der Waals surface area contributed by atoms with Crippen LogP contribution in [0.3, 0.4) is 0 Å². The summed E-state index contributed by atoms with van der Waals surface area (Å²) in [7, 11) is 0. The van der Waals surface area contributed by atoms with Crippen molar-refractivity contribution in [2.45, 2.75) is 13.0 Å². The summed E-state index contributed by atoms with van der Waals surface area (Å²) in [6.07, 6.45) is -0.918. The first-order valence-corrected chi connectivity index (χ1v) is 5.40. The minimum Gasteiger partial charge on any atom is -0.383 e. The third-order valence-electron chi connectivity index (χ3n) is 2.23. The molecule has 2 nitrogen and oxygen atoms in total. The maximum atomic E-state index is 13.4. The van der Waals surface area contributed by atoms with E-state index in [1.807, 2.05) is 0 Å². The van der Waals surface area contributed by atoms with Gasteiger partial charge in [0.15, 0.2) is 0 Å². The molecule has 0 saturated heterocycles. The number of nitrogens with zero attached hydrogens (tertiary/aromatic N) is 1. The van der Waals surface area contributed by atoms with Crippen LogP contribution >= 0.6 is 11.3 Å². The molecule has 1 aromatic carbocycles. The molecular weight excluding hydrogens is 213 g/mol. The quantitative estimate of drug-likeness (QED) is 0.849. The molecule has 0 radical (unpaired) electrons. The van der Waals surface area contributed by atoms with Gasteiger partial charge in [-0.05, 0) is 13.0 Å². The molecule has 0 bridgehead atoms. The second kappa shape index (κ2) is 4.08. The van der Waals surface area contributed by atoms with Crippen molar-refractivity contribution in [2.75, 3.05) is 0 Å². The first-order chi connectivity index (χ1) is 7.20. The fraction of sp³-hybridized carbons (Fsp3) is 0.182. The van der Waals surface area contributed by atoms with Crippen LogP contribution in [-0.2, 0) is 0 Å². The summed E-state index contributed by atoms with van der Waals surface area (Å²) in [5, 5.41) is 9.97. The van der Waals surface area contributed by atoms with Gasteiger partial charge in [-0.2, -0.15) is 0 Å². The largest absolute Gasteiger partial charge is 0.383 e. The molecule has 78 valence electrons. The number of rotatable bonds is 2. The van der Waals surface area contributed by atoms with Gasteiger partial charge in [-0.3, -0.25) is 0 Å². The average molecular weight is 223 g/mol. The van der Waals surface area contributed by atoms with E-state index in [1.54, 1.807) is 30.6 Å². The fourth-order valence-corrected chi connectivity index (χ4v) is 2.21. The normalized spacial score (nSPS) is 12.7. The second-order valence-corrected chi connectivity index (χ2v) is 4.11. The molecule has 0 aliphatic carbocycles. The van der Waals surface area contributed by atoms with Gasteiger partial charge in [-0.1, -0.05) is 18.2 Å². The Bertz CT molecular complexity index is 469. The smallest absolute Gasteiger partial charge is 0.129 e. The lowest BCUT2D eigenvalue weighted by molar-refractivity contribution is 0.218. The number of aryl methyl sites for hydroxylation is 1. The molecule has 0 aliphatic heterocycles. The topological polar surface area (TPSA) is 33.1 Å². The van der Waals surface area contributed by atoms with Crippen LogP contribution in [0, 0.1) is 12.7 Å². The van der Waals surface area contributed by atoms with E-state index in [0.29, 0.717) is 10.4 Å². The van der Waals surface area contributed by atoms with Crippen LogP contribution in [0.5, 0.6) is 0 Å². The number of hydrogen-bond donors (Lipinski definition) is 1. The highest BCUT2D eigenvalue weighted by molar-refractivity contribution is 7.09. The van der Waals surface area contributed by atoms with Crippen LogP contribution in [0.15, 0.2) is 29.8 Å². The fourth-order valence-electron chi connectivity index (χ4n) is 1.41. The number of halogens is 1. The van der Waals surface area contributed by atoms with Crippen molar-refractivity contribution in [3.05, 3.63) is 51.7 Å². The maximum Gasteiger partial charge on any atom is 0.129 e. The third-order valence-corrected chi connectivity index (χ3v) is 3.21. The van der Waals surface area contributed by atoms with Crippen LogP contribution in [0.25, 0.3) is 0 Å².